The van der Waals surface area contributed by atoms with Crippen LogP contribution in [0.15, 0.2) is 34.2 Å². The summed E-state index contributed by atoms with van der Waals surface area (Å²) in [5.41, 5.74) is 5.48. The smallest absolute Gasteiger partial charge is 0.323 e. The van der Waals surface area contributed by atoms with Gasteiger partial charge in [0.05, 0.1) is 5.56 Å². The van der Waals surface area contributed by atoms with Crippen molar-refractivity contribution in [2.24, 2.45) is 12.8 Å². The van der Waals surface area contributed by atoms with Gasteiger partial charge in [0.2, 0.25) is 0 Å². The summed E-state index contributed by atoms with van der Waals surface area (Å²) in [6, 6.07) is 4.27. The van der Waals surface area contributed by atoms with Gasteiger partial charge in [0, 0.05) is 18.8 Å². The molecule has 5 nitrogen and oxygen atoms in total. The Hall–Kier alpha value is -1.74. The second-order valence-corrected chi connectivity index (χ2v) is 5.39. The first-order chi connectivity index (χ1) is 9.79. The fourth-order valence-electron chi connectivity index (χ4n) is 1.64. The number of thioether (sulfide) groups is 1. The van der Waals surface area contributed by atoms with Gasteiger partial charge in [0.25, 0.3) is 0 Å². The summed E-state index contributed by atoms with van der Waals surface area (Å²) in [5.74, 6) is 0.392. The highest BCUT2D eigenvalue weighted by atomic mass is 32.2. The maximum Gasteiger partial charge on any atom is 0.416 e. The zero-order valence-electron chi connectivity index (χ0n) is 11.0. The first-order valence-corrected chi connectivity index (χ1v) is 6.94. The van der Waals surface area contributed by atoms with Gasteiger partial charge in [0.1, 0.15) is 0 Å². The Kier molecular flexibility index (Phi) is 4.43. The van der Waals surface area contributed by atoms with Crippen molar-refractivity contribution in [3.63, 3.8) is 0 Å². The summed E-state index contributed by atoms with van der Waals surface area (Å²) >= 11 is 1.25. The molecule has 2 rings (SSSR count). The van der Waals surface area contributed by atoms with Crippen molar-refractivity contribution < 1.29 is 13.2 Å². The Morgan fingerprint density at radius 2 is 2.00 bits per heavy atom. The summed E-state index contributed by atoms with van der Waals surface area (Å²) in [4.78, 5) is 11.2. The molecule has 0 spiro atoms. The van der Waals surface area contributed by atoms with Gasteiger partial charge in [-0.15, -0.1) is 5.10 Å². The number of hydrogen-bond acceptors (Lipinski definition) is 4. The molecule has 0 saturated carbocycles. The minimum absolute atomic E-state index is 0.333. The van der Waals surface area contributed by atoms with Crippen LogP contribution in [-0.2, 0) is 13.2 Å². The Morgan fingerprint density at radius 1 is 1.38 bits per heavy atom. The molecule has 1 aromatic heterocycles. The third-order valence-corrected chi connectivity index (χ3v) is 4.05. The summed E-state index contributed by atoms with van der Waals surface area (Å²) in [5, 5.41) is 6.58. The molecule has 0 saturated heterocycles. The van der Waals surface area contributed by atoms with Gasteiger partial charge in [0.15, 0.2) is 5.16 Å². The van der Waals surface area contributed by atoms with E-state index in [2.05, 4.69) is 10.2 Å². The summed E-state index contributed by atoms with van der Waals surface area (Å²) in [7, 11) is 1.57. The molecule has 0 aliphatic rings. The van der Waals surface area contributed by atoms with Crippen LogP contribution in [0, 0.1) is 0 Å². The fraction of sp³-hybridized carbons (Fsp3) is 0.333. The predicted molar refractivity (Wildman–Crippen MR) is 72.9 cm³/mol. The number of aromatic nitrogens is 3. The molecular weight excluding hydrogens is 305 g/mol. The highest BCUT2D eigenvalue weighted by Crippen LogP contribution is 2.30. The van der Waals surface area contributed by atoms with Gasteiger partial charge in [-0.3, -0.25) is 4.57 Å². The second kappa shape index (κ2) is 5.94. The highest BCUT2D eigenvalue weighted by molar-refractivity contribution is 7.99. The van der Waals surface area contributed by atoms with Crippen LogP contribution in [0.5, 0.6) is 0 Å². The lowest BCUT2D eigenvalue weighted by Crippen LogP contribution is -2.15. The Bertz CT molecular complexity index is 662. The van der Waals surface area contributed by atoms with Crippen molar-refractivity contribution in [1.29, 1.82) is 0 Å². The van der Waals surface area contributed by atoms with Crippen LogP contribution in [0.3, 0.4) is 0 Å². The van der Waals surface area contributed by atoms with E-state index in [1.165, 1.54) is 28.5 Å². The number of nitrogens with zero attached hydrogens (tertiary/aromatic N) is 2. The van der Waals surface area contributed by atoms with E-state index >= 15 is 0 Å². The molecule has 1 heterocycles. The van der Waals surface area contributed by atoms with Gasteiger partial charge < -0.3 is 5.73 Å². The Balaban J connectivity index is 2.02. The lowest BCUT2D eigenvalue weighted by molar-refractivity contribution is -0.137. The largest absolute Gasteiger partial charge is 0.416 e. The highest BCUT2D eigenvalue weighted by Gasteiger charge is 2.30. The van der Waals surface area contributed by atoms with Crippen LogP contribution in [0.1, 0.15) is 17.2 Å². The molecule has 0 bridgehead atoms. The molecule has 114 valence electrons. The molecule has 1 unspecified atom stereocenters. The van der Waals surface area contributed by atoms with Crippen LogP contribution < -0.4 is 11.4 Å². The third kappa shape index (κ3) is 3.67. The molecule has 3 N–H and O–H groups in total. The normalized spacial score (nSPS) is 13.4. The zero-order chi connectivity index (χ0) is 15.6. The molecule has 21 heavy (non-hydrogen) atoms. The quantitative estimate of drug-likeness (QED) is 0.845. The minimum Gasteiger partial charge on any atom is -0.323 e. The number of hydrogen-bond donors (Lipinski definition) is 2. The van der Waals surface area contributed by atoms with Crippen LogP contribution in [0.2, 0.25) is 0 Å². The number of rotatable bonds is 4. The van der Waals surface area contributed by atoms with Crippen molar-refractivity contribution in [1.82, 2.24) is 14.8 Å². The van der Waals surface area contributed by atoms with Gasteiger partial charge in [-0.1, -0.05) is 23.9 Å². The van der Waals surface area contributed by atoms with Gasteiger partial charge in [-0.25, -0.2) is 9.89 Å². The Morgan fingerprint density at radius 3 is 2.48 bits per heavy atom. The topological polar surface area (TPSA) is 76.7 Å². The molecule has 0 aliphatic heterocycles. The van der Waals surface area contributed by atoms with E-state index in [9.17, 15) is 18.0 Å². The maximum atomic E-state index is 12.5. The molecule has 0 radical (unpaired) electrons. The molecular formula is C12H13F3N4OS. The standard InChI is InChI=1S/C12H13F3N4OS/c1-19-10(20)17-18-11(19)21-6-9(16)7-2-4-8(5-3-7)12(13,14)15/h2-5,9H,6,16H2,1H3,(H,17,20). The average molecular weight is 318 g/mol. The molecule has 0 amide bonds. The minimum atomic E-state index is -4.36. The van der Waals surface area contributed by atoms with Crippen LogP contribution in [-0.4, -0.2) is 20.5 Å². The average Bonchev–Trinajstić information content (AvgIpc) is 2.75. The van der Waals surface area contributed by atoms with Crippen molar-refractivity contribution in [2.75, 3.05) is 5.75 Å². The third-order valence-electron chi connectivity index (χ3n) is 2.90. The van der Waals surface area contributed by atoms with E-state index in [1.807, 2.05) is 0 Å². The zero-order valence-corrected chi connectivity index (χ0v) is 11.8. The van der Waals surface area contributed by atoms with Crippen molar-refractivity contribution >= 4 is 11.8 Å². The summed E-state index contributed by atoms with van der Waals surface area (Å²) in [6.45, 7) is 0. The first-order valence-electron chi connectivity index (χ1n) is 5.96. The van der Waals surface area contributed by atoms with Gasteiger partial charge in [-0.2, -0.15) is 13.2 Å². The number of nitrogens with two attached hydrogens (primary N) is 1. The maximum absolute atomic E-state index is 12.5. The van der Waals surface area contributed by atoms with E-state index in [-0.39, 0.29) is 5.69 Å². The van der Waals surface area contributed by atoms with Crippen molar-refractivity contribution in [3.8, 4) is 0 Å². The number of H-pyrrole nitrogens is 1. The Labute approximate surface area is 122 Å². The molecule has 0 fully saturated rings. The number of halogens is 3. The SMILES string of the molecule is Cn1c(SCC(N)c2ccc(C(F)(F)F)cc2)n[nH]c1=O. The summed E-state index contributed by atoms with van der Waals surface area (Å²) in [6.07, 6.45) is -4.36. The van der Waals surface area contributed by atoms with Crippen LogP contribution in [0.25, 0.3) is 0 Å². The molecule has 1 aromatic carbocycles. The summed E-state index contributed by atoms with van der Waals surface area (Å²) < 4.78 is 38.7. The van der Waals surface area contributed by atoms with Crippen LogP contribution in [0.4, 0.5) is 13.2 Å². The predicted octanol–water partition coefficient (Wildman–Crippen LogP) is 1.92. The fourth-order valence-corrected chi connectivity index (χ4v) is 2.55. The monoisotopic (exact) mass is 318 g/mol. The van der Waals surface area contributed by atoms with E-state index in [0.29, 0.717) is 16.5 Å². The van der Waals surface area contributed by atoms with E-state index in [1.54, 1.807) is 7.05 Å². The number of aromatic amines is 1. The number of alkyl halides is 3. The first kappa shape index (κ1) is 15.6. The van der Waals surface area contributed by atoms with Gasteiger partial charge >= 0.3 is 11.9 Å². The van der Waals surface area contributed by atoms with E-state index in [0.717, 1.165) is 12.1 Å². The molecule has 1 atom stereocenters. The van der Waals surface area contributed by atoms with E-state index in [4.69, 9.17) is 5.73 Å². The number of nitrogens with one attached hydrogen (secondary N) is 1. The van der Waals surface area contributed by atoms with Crippen molar-refractivity contribution in [3.05, 3.63) is 45.9 Å². The molecule has 2 aromatic rings. The van der Waals surface area contributed by atoms with Crippen molar-refractivity contribution in [2.45, 2.75) is 17.4 Å². The second-order valence-electron chi connectivity index (χ2n) is 4.41. The molecule has 9 heteroatoms. The lowest BCUT2D eigenvalue weighted by Gasteiger charge is -2.13. The van der Waals surface area contributed by atoms with Crippen LogP contribution >= 0.6 is 11.8 Å². The molecule has 0 aliphatic carbocycles. The van der Waals surface area contributed by atoms with E-state index < -0.39 is 17.8 Å². The number of benzene rings is 1. The van der Waals surface area contributed by atoms with Gasteiger partial charge in [-0.05, 0) is 17.7 Å². The lowest BCUT2D eigenvalue weighted by atomic mass is 10.1.